The zero-order chi connectivity index (χ0) is 13.7. The van der Waals surface area contributed by atoms with E-state index in [2.05, 4.69) is 31.2 Å². The summed E-state index contributed by atoms with van der Waals surface area (Å²) in [6.45, 7) is 2.56. The smallest absolute Gasteiger partial charge is 0.120 e. The van der Waals surface area contributed by atoms with Crippen molar-refractivity contribution in [3.63, 3.8) is 0 Å². The van der Waals surface area contributed by atoms with Gasteiger partial charge in [-0.3, -0.25) is 0 Å². The molecule has 2 rings (SSSR count). The summed E-state index contributed by atoms with van der Waals surface area (Å²) in [5, 5.41) is 0.671. The highest BCUT2D eigenvalue weighted by atomic mass is 35.5. The standard InChI is InChI=1S/C16H18ClNO/c1-12-4-2-5-13(8-12)9-15(18)11-19-16-7-3-6-14(17)10-16/h2-8,10,15H,9,11,18H2,1H3. The van der Waals surface area contributed by atoms with Gasteiger partial charge in [0, 0.05) is 11.1 Å². The van der Waals surface area contributed by atoms with Gasteiger partial charge in [0.25, 0.3) is 0 Å². The molecule has 2 aromatic rings. The van der Waals surface area contributed by atoms with Gasteiger partial charge in [-0.1, -0.05) is 47.5 Å². The maximum atomic E-state index is 6.08. The number of benzene rings is 2. The molecule has 0 aromatic heterocycles. The van der Waals surface area contributed by atoms with Crippen LogP contribution in [0.4, 0.5) is 0 Å². The van der Waals surface area contributed by atoms with E-state index in [9.17, 15) is 0 Å². The van der Waals surface area contributed by atoms with Crippen LogP contribution in [0, 0.1) is 6.92 Å². The number of hydrogen-bond donors (Lipinski definition) is 1. The van der Waals surface area contributed by atoms with Crippen molar-refractivity contribution in [1.29, 1.82) is 0 Å². The average molecular weight is 276 g/mol. The Hall–Kier alpha value is -1.51. The first kappa shape index (κ1) is 13.9. The second-order valence-corrected chi connectivity index (χ2v) is 5.16. The SMILES string of the molecule is Cc1cccc(CC(N)COc2cccc(Cl)c2)c1. The topological polar surface area (TPSA) is 35.2 Å². The average Bonchev–Trinajstić information content (AvgIpc) is 2.36. The first-order chi connectivity index (χ1) is 9.13. The molecule has 0 saturated carbocycles. The number of aryl methyl sites for hydroxylation is 1. The van der Waals surface area contributed by atoms with E-state index in [0.29, 0.717) is 11.6 Å². The molecule has 0 saturated heterocycles. The first-order valence-corrected chi connectivity index (χ1v) is 6.71. The zero-order valence-electron chi connectivity index (χ0n) is 11.0. The van der Waals surface area contributed by atoms with Crippen LogP contribution in [0.1, 0.15) is 11.1 Å². The number of halogens is 1. The van der Waals surface area contributed by atoms with E-state index in [1.165, 1.54) is 11.1 Å². The lowest BCUT2D eigenvalue weighted by molar-refractivity contribution is 0.287. The van der Waals surface area contributed by atoms with Crippen molar-refractivity contribution in [2.75, 3.05) is 6.61 Å². The van der Waals surface area contributed by atoms with Gasteiger partial charge >= 0.3 is 0 Å². The fourth-order valence-corrected chi connectivity index (χ4v) is 2.14. The monoisotopic (exact) mass is 275 g/mol. The highest BCUT2D eigenvalue weighted by molar-refractivity contribution is 6.30. The summed E-state index contributed by atoms with van der Waals surface area (Å²) >= 11 is 5.90. The Morgan fingerprint density at radius 1 is 1.16 bits per heavy atom. The molecule has 0 spiro atoms. The van der Waals surface area contributed by atoms with Gasteiger partial charge in [-0.05, 0) is 37.1 Å². The maximum absolute atomic E-state index is 6.08. The van der Waals surface area contributed by atoms with Crippen molar-refractivity contribution in [3.05, 3.63) is 64.7 Å². The third kappa shape index (κ3) is 4.58. The molecule has 0 aliphatic heterocycles. The van der Waals surface area contributed by atoms with Crippen molar-refractivity contribution in [2.24, 2.45) is 5.73 Å². The minimum absolute atomic E-state index is 0.0271. The largest absolute Gasteiger partial charge is 0.492 e. The lowest BCUT2D eigenvalue weighted by atomic mass is 10.1. The molecular formula is C16H18ClNO. The van der Waals surface area contributed by atoms with Crippen molar-refractivity contribution < 1.29 is 4.74 Å². The Labute approximate surface area is 119 Å². The minimum Gasteiger partial charge on any atom is -0.492 e. The van der Waals surface area contributed by atoms with Crippen LogP contribution in [0.3, 0.4) is 0 Å². The van der Waals surface area contributed by atoms with E-state index in [0.717, 1.165) is 12.2 Å². The quantitative estimate of drug-likeness (QED) is 0.905. The van der Waals surface area contributed by atoms with E-state index in [-0.39, 0.29) is 6.04 Å². The Kier molecular flexibility index (Phi) is 4.83. The van der Waals surface area contributed by atoms with E-state index < -0.39 is 0 Å². The molecular weight excluding hydrogens is 258 g/mol. The summed E-state index contributed by atoms with van der Waals surface area (Å²) < 4.78 is 5.64. The van der Waals surface area contributed by atoms with Gasteiger partial charge in [0.15, 0.2) is 0 Å². The lowest BCUT2D eigenvalue weighted by Gasteiger charge is -2.13. The predicted molar refractivity (Wildman–Crippen MR) is 79.8 cm³/mol. The fraction of sp³-hybridized carbons (Fsp3) is 0.250. The van der Waals surface area contributed by atoms with Gasteiger partial charge in [0.1, 0.15) is 12.4 Å². The predicted octanol–water partition coefficient (Wildman–Crippen LogP) is 3.60. The van der Waals surface area contributed by atoms with E-state index in [4.69, 9.17) is 22.1 Å². The Morgan fingerprint density at radius 2 is 1.95 bits per heavy atom. The van der Waals surface area contributed by atoms with Gasteiger partial charge in [-0.25, -0.2) is 0 Å². The fourth-order valence-electron chi connectivity index (χ4n) is 1.96. The van der Waals surface area contributed by atoms with Gasteiger partial charge < -0.3 is 10.5 Å². The van der Waals surface area contributed by atoms with Crippen LogP contribution in [0.15, 0.2) is 48.5 Å². The van der Waals surface area contributed by atoms with Crippen LogP contribution < -0.4 is 10.5 Å². The van der Waals surface area contributed by atoms with E-state index in [1.807, 2.05) is 18.2 Å². The molecule has 2 aromatic carbocycles. The van der Waals surface area contributed by atoms with Crippen molar-refractivity contribution >= 4 is 11.6 Å². The van der Waals surface area contributed by atoms with Crippen LogP contribution >= 0.6 is 11.6 Å². The molecule has 0 heterocycles. The molecule has 0 aliphatic rings. The Bertz CT molecular complexity index is 542. The highest BCUT2D eigenvalue weighted by Crippen LogP contribution is 2.17. The summed E-state index contributed by atoms with van der Waals surface area (Å²) in [7, 11) is 0. The van der Waals surface area contributed by atoms with Crippen LogP contribution in [0.5, 0.6) is 5.75 Å². The number of hydrogen-bond acceptors (Lipinski definition) is 2. The second-order valence-electron chi connectivity index (χ2n) is 4.72. The van der Waals surface area contributed by atoms with Crippen molar-refractivity contribution in [1.82, 2.24) is 0 Å². The molecule has 1 atom stereocenters. The van der Waals surface area contributed by atoms with Crippen molar-refractivity contribution in [3.8, 4) is 5.75 Å². The number of rotatable bonds is 5. The van der Waals surface area contributed by atoms with Gasteiger partial charge in [-0.2, -0.15) is 0 Å². The molecule has 0 radical (unpaired) electrons. The molecule has 2 nitrogen and oxygen atoms in total. The van der Waals surface area contributed by atoms with Gasteiger partial charge in [0.2, 0.25) is 0 Å². The molecule has 0 bridgehead atoms. The Balaban J connectivity index is 1.86. The summed E-state index contributed by atoms with van der Waals surface area (Å²) in [6, 6.07) is 15.7. The van der Waals surface area contributed by atoms with Crippen LogP contribution in [-0.2, 0) is 6.42 Å². The number of ether oxygens (including phenoxy) is 1. The van der Waals surface area contributed by atoms with Crippen molar-refractivity contribution in [2.45, 2.75) is 19.4 Å². The van der Waals surface area contributed by atoms with Crippen LogP contribution in [0.2, 0.25) is 5.02 Å². The highest BCUT2D eigenvalue weighted by Gasteiger charge is 2.06. The second kappa shape index (κ2) is 6.60. The van der Waals surface area contributed by atoms with Gasteiger partial charge in [0.05, 0.1) is 0 Å². The molecule has 0 fully saturated rings. The lowest BCUT2D eigenvalue weighted by Crippen LogP contribution is -2.30. The molecule has 2 N–H and O–H groups in total. The van der Waals surface area contributed by atoms with E-state index >= 15 is 0 Å². The molecule has 19 heavy (non-hydrogen) atoms. The zero-order valence-corrected chi connectivity index (χ0v) is 11.7. The summed E-state index contributed by atoms with van der Waals surface area (Å²) in [4.78, 5) is 0. The molecule has 0 aliphatic carbocycles. The number of nitrogens with two attached hydrogens (primary N) is 1. The molecule has 3 heteroatoms. The third-order valence-electron chi connectivity index (χ3n) is 2.84. The van der Waals surface area contributed by atoms with Crippen LogP contribution in [0.25, 0.3) is 0 Å². The van der Waals surface area contributed by atoms with Crippen LogP contribution in [-0.4, -0.2) is 12.6 Å². The minimum atomic E-state index is -0.0271. The molecule has 0 amide bonds. The third-order valence-corrected chi connectivity index (χ3v) is 3.08. The molecule has 100 valence electrons. The summed E-state index contributed by atoms with van der Waals surface area (Å²) in [6.07, 6.45) is 0.808. The van der Waals surface area contributed by atoms with Gasteiger partial charge in [-0.15, -0.1) is 0 Å². The van der Waals surface area contributed by atoms with E-state index in [1.54, 1.807) is 6.07 Å². The summed E-state index contributed by atoms with van der Waals surface area (Å²) in [5.41, 5.74) is 8.57. The summed E-state index contributed by atoms with van der Waals surface area (Å²) in [5.74, 6) is 0.757. The Morgan fingerprint density at radius 3 is 2.68 bits per heavy atom. The first-order valence-electron chi connectivity index (χ1n) is 6.33. The molecule has 1 unspecified atom stereocenters. The normalized spacial score (nSPS) is 12.2. The maximum Gasteiger partial charge on any atom is 0.120 e.